The van der Waals surface area contributed by atoms with Crippen LogP contribution in [0.4, 0.5) is 0 Å². The summed E-state index contributed by atoms with van der Waals surface area (Å²) >= 11 is 0. The molecule has 0 saturated heterocycles. The molecule has 104 valence electrons. The minimum Gasteiger partial charge on any atom is -0.299 e. The predicted molar refractivity (Wildman–Crippen MR) is 84.0 cm³/mol. The number of Topliss-reactive ketones (excluding diaryl/α,β-unsaturated/α-hetero) is 1. The molecule has 0 N–H and O–H groups in total. The van der Waals surface area contributed by atoms with Crippen molar-refractivity contribution < 1.29 is 4.79 Å². The van der Waals surface area contributed by atoms with Crippen molar-refractivity contribution in [1.82, 2.24) is 0 Å². The SMILES string of the molecule is Cc1cccc(C)c1CC(=O)CCCc1ccccc1. The lowest BCUT2D eigenvalue weighted by molar-refractivity contribution is -0.118. The zero-order valence-electron chi connectivity index (χ0n) is 12.4. The zero-order chi connectivity index (χ0) is 14.4. The second-order valence-electron chi connectivity index (χ2n) is 5.42. The maximum atomic E-state index is 12.1. The maximum Gasteiger partial charge on any atom is 0.137 e. The van der Waals surface area contributed by atoms with Crippen molar-refractivity contribution in [2.45, 2.75) is 39.5 Å². The summed E-state index contributed by atoms with van der Waals surface area (Å²) < 4.78 is 0. The van der Waals surface area contributed by atoms with E-state index in [1.807, 2.05) is 24.3 Å². The van der Waals surface area contributed by atoms with Crippen LogP contribution in [-0.2, 0) is 17.6 Å². The predicted octanol–water partition coefficient (Wildman–Crippen LogP) is 4.44. The van der Waals surface area contributed by atoms with Crippen LogP contribution in [0.3, 0.4) is 0 Å². The van der Waals surface area contributed by atoms with Gasteiger partial charge in [0, 0.05) is 12.8 Å². The molecule has 0 aliphatic rings. The Morgan fingerprint density at radius 1 is 0.900 bits per heavy atom. The summed E-state index contributed by atoms with van der Waals surface area (Å²) in [6.07, 6.45) is 3.17. The molecule has 0 radical (unpaired) electrons. The van der Waals surface area contributed by atoms with Gasteiger partial charge >= 0.3 is 0 Å². The minimum atomic E-state index is 0.346. The lowest BCUT2D eigenvalue weighted by Crippen LogP contribution is -2.06. The largest absolute Gasteiger partial charge is 0.299 e. The van der Waals surface area contributed by atoms with Crippen LogP contribution in [0.2, 0.25) is 0 Å². The fourth-order valence-corrected chi connectivity index (χ4v) is 2.55. The molecule has 1 nitrogen and oxygen atoms in total. The Morgan fingerprint density at radius 3 is 2.20 bits per heavy atom. The van der Waals surface area contributed by atoms with E-state index in [9.17, 15) is 4.79 Å². The van der Waals surface area contributed by atoms with E-state index in [1.54, 1.807) is 0 Å². The molecule has 2 aromatic carbocycles. The number of benzene rings is 2. The molecule has 0 aliphatic heterocycles. The Hall–Kier alpha value is -1.89. The number of aryl methyl sites for hydroxylation is 3. The van der Waals surface area contributed by atoms with Crippen LogP contribution in [-0.4, -0.2) is 5.78 Å². The normalized spacial score (nSPS) is 10.5. The molecular weight excluding hydrogens is 244 g/mol. The van der Waals surface area contributed by atoms with Crippen molar-refractivity contribution in [3.05, 3.63) is 70.8 Å². The quantitative estimate of drug-likeness (QED) is 0.755. The van der Waals surface area contributed by atoms with E-state index < -0.39 is 0 Å². The first-order valence-corrected chi connectivity index (χ1v) is 7.27. The number of ketones is 1. The topological polar surface area (TPSA) is 17.1 Å². The van der Waals surface area contributed by atoms with Crippen LogP contribution in [0.25, 0.3) is 0 Å². The monoisotopic (exact) mass is 266 g/mol. The molecule has 1 heteroatoms. The van der Waals surface area contributed by atoms with Gasteiger partial charge in [0.15, 0.2) is 0 Å². The Bertz CT molecular complexity index is 549. The van der Waals surface area contributed by atoms with Gasteiger partial charge in [0.1, 0.15) is 5.78 Å². The summed E-state index contributed by atoms with van der Waals surface area (Å²) in [4.78, 5) is 12.1. The standard InChI is InChI=1S/C19H22O/c1-15-8-6-9-16(2)19(15)14-18(20)13-7-12-17-10-4-3-5-11-17/h3-6,8-11H,7,12-14H2,1-2H3. The highest BCUT2D eigenvalue weighted by Crippen LogP contribution is 2.15. The number of rotatable bonds is 6. The Morgan fingerprint density at radius 2 is 1.55 bits per heavy atom. The summed E-state index contributed by atoms with van der Waals surface area (Å²) in [5.41, 5.74) is 4.97. The van der Waals surface area contributed by atoms with Gasteiger partial charge in [0.2, 0.25) is 0 Å². The van der Waals surface area contributed by atoms with Gasteiger partial charge in [0.25, 0.3) is 0 Å². The smallest absolute Gasteiger partial charge is 0.137 e. The van der Waals surface area contributed by atoms with Crippen molar-refractivity contribution in [3.8, 4) is 0 Å². The number of carbonyl (C=O) groups is 1. The lowest BCUT2D eigenvalue weighted by atomic mass is 9.96. The van der Waals surface area contributed by atoms with Gasteiger partial charge in [0.05, 0.1) is 0 Å². The highest BCUT2D eigenvalue weighted by Gasteiger charge is 2.08. The highest BCUT2D eigenvalue weighted by atomic mass is 16.1. The van der Waals surface area contributed by atoms with E-state index in [1.165, 1.54) is 22.3 Å². The minimum absolute atomic E-state index is 0.346. The molecule has 0 spiro atoms. The number of hydrogen-bond acceptors (Lipinski definition) is 1. The average molecular weight is 266 g/mol. The second-order valence-corrected chi connectivity index (χ2v) is 5.42. The highest BCUT2D eigenvalue weighted by molar-refractivity contribution is 5.81. The van der Waals surface area contributed by atoms with E-state index in [2.05, 4.69) is 38.1 Å². The molecule has 0 saturated carbocycles. The molecule has 0 aromatic heterocycles. The van der Waals surface area contributed by atoms with Crippen LogP contribution in [0.15, 0.2) is 48.5 Å². The van der Waals surface area contributed by atoms with E-state index in [4.69, 9.17) is 0 Å². The van der Waals surface area contributed by atoms with Gasteiger partial charge in [-0.05, 0) is 48.9 Å². The second kappa shape index (κ2) is 7.04. The molecule has 2 rings (SSSR count). The molecular formula is C19H22O. The third-order valence-corrected chi connectivity index (χ3v) is 3.78. The first kappa shape index (κ1) is 14.5. The molecule has 0 heterocycles. The Balaban J connectivity index is 1.84. The Kier molecular flexibility index (Phi) is 5.11. The maximum absolute atomic E-state index is 12.1. The summed E-state index contributed by atoms with van der Waals surface area (Å²) in [6, 6.07) is 16.6. The van der Waals surface area contributed by atoms with E-state index in [0.717, 1.165) is 12.8 Å². The third kappa shape index (κ3) is 4.06. The van der Waals surface area contributed by atoms with Gasteiger partial charge in [-0.3, -0.25) is 4.79 Å². The third-order valence-electron chi connectivity index (χ3n) is 3.78. The van der Waals surface area contributed by atoms with Crippen molar-refractivity contribution in [3.63, 3.8) is 0 Å². The summed E-state index contributed by atoms with van der Waals surface area (Å²) in [6.45, 7) is 4.17. The van der Waals surface area contributed by atoms with E-state index >= 15 is 0 Å². The average Bonchev–Trinajstić information content (AvgIpc) is 2.44. The van der Waals surface area contributed by atoms with Crippen molar-refractivity contribution in [1.29, 1.82) is 0 Å². The van der Waals surface area contributed by atoms with Gasteiger partial charge in [-0.25, -0.2) is 0 Å². The van der Waals surface area contributed by atoms with Crippen LogP contribution in [0, 0.1) is 13.8 Å². The number of carbonyl (C=O) groups excluding carboxylic acids is 1. The fraction of sp³-hybridized carbons (Fsp3) is 0.316. The molecule has 0 aliphatic carbocycles. The van der Waals surface area contributed by atoms with Crippen LogP contribution < -0.4 is 0 Å². The summed E-state index contributed by atoms with van der Waals surface area (Å²) in [5.74, 6) is 0.346. The van der Waals surface area contributed by atoms with Crippen molar-refractivity contribution in [2.24, 2.45) is 0 Å². The van der Waals surface area contributed by atoms with Gasteiger partial charge < -0.3 is 0 Å². The molecule has 0 unspecified atom stereocenters. The molecule has 0 atom stereocenters. The fourth-order valence-electron chi connectivity index (χ4n) is 2.55. The Labute approximate surface area is 121 Å². The van der Waals surface area contributed by atoms with E-state index in [0.29, 0.717) is 18.6 Å². The number of hydrogen-bond donors (Lipinski definition) is 0. The van der Waals surface area contributed by atoms with Crippen LogP contribution in [0.5, 0.6) is 0 Å². The molecule has 0 fully saturated rings. The first-order chi connectivity index (χ1) is 9.66. The molecule has 2 aromatic rings. The summed E-state index contributed by atoms with van der Waals surface area (Å²) in [5, 5.41) is 0. The lowest BCUT2D eigenvalue weighted by Gasteiger charge is -2.09. The van der Waals surface area contributed by atoms with Crippen LogP contribution in [0.1, 0.15) is 35.1 Å². The van der Waals surface area contributed by atoms with Gasteiger partial charge in [-0.2, -0.15) is 0 Å². The van der Waals surface area contributed by atoms with Crippen LogP contribution >= 0.6 is 0 Å². The first-order valence-electron chi connectivity index (χ1n) is 7.27. The van der Waals surface area contributed by atoms with Crippen molar-refractivity contribution >= 4 is 5.78 Å². The van der Waals surface area contributed by atoms with E-state index in [-0.39, 0.29) is 0 Å². The summed E-state index contributed by atoms with van der Waals surface area (Å²) in [7, 11) is 0. The van der Waals surface area contributed by atoms with Gasteiger partial charge in [-0.1, -0.05) is 48.5 Å². The molecule has 20 heavy (non-hydrogen) atoms. The van der Waals surface area contributed by atoms with Crippen molar-refractivity contribution in [2.75, 3.05) is 0 Å². The zero-order valence-corrected chi connectivity index (χ0v) is 12.4. The molecule has 0 amide bonds. The van der Waals surface area contributed by atoms with Gasteiger partial charge in [-0.15, -0.1) is 0 Å². The molecule has 0 bridgehead atoms.